The highest BCUT2D eigenvalue weighted by molar-refractivity contribution is 5.89. The summed E-state index contributed by atoms with van der Waals surface area (Å²) in [5.41, 5.74) is 2.43. The summed E-state index contributed by atoms with van der Waals surface area (Å²) in [6, 6.07) is 8.51. The molecule has 2 aliphatic heterocycles. The molecular weight excluding hydrogens is 314 g/mol. The third-order valence-corrected chi connectivity index (χ3v) is 5.31. The minimum Gasteiger partial charge on any atom is -0.352 e. The Hall–Kier alpha value is -1.88. The molecule has 1 aromatic carbocycles. The molecule has 5 heteroatoms. The third-order valence-electron chi connectivity index (χ3n) is 5.31. The van der Waals surface area contributed by atoms with Crippen molar-refractivity contribution in [2.75, 3.05) is 26.2 Å². The van der Waals surface area contributed by atoms with Crippen molar-refractivity contribution in [3.8, 4) is 0 Å². The number of benzene rings is 1. The summed E-state index contributed by atoms with van der Waals surface area (Å²) < 4.78 is 0. The van der Waals surface area contributed by atoms with E-state index in [9.17, 15) is 9.59 Å². The molecule has 0 radical (unpaired) electrons. The lowest BCUT2D eigenvalue weighted by molar-refractivity contribution is -0.128. The number of hydrogen-bond acceptors (Lipinski definition) is 3. The highest BCUT2D eigenvalue weighted by Gasteiger charge is 2.33. The molecule has 2 heterocycles. The lowest BCUT2D eigenvalue weighted by Crippen LogP contribution is -2.32. The van der Waals surface area contributed by atoms with E-state index < -0.39 is 0 Å². The van der Waals surface area contributed by atoms with E-state index in [1.165, 1.54) is 37.9 Å². The summed E-state index contributed by atoms with van der Waals surface area (Å²) >= 11 is 0. The van der Waals surface area contributed by atoms with Crippen molar-refractivity contribution < 1.29 is 9.59 Å². The van der Waals surface area contributed by atoms with Gasteiger partial charge in [-0.05, 0) is 44.0 Å². The molecule has 0 aliphatic carbocycles. The smallest absolute Gasteiger partial charge is 0.225 e. The molecule has 2 amide bonds. The van der Waals surface area contributed by atoms with Gasteiger partial charge in [0.05, 0.1) is 5.92 Å². The van der Waals surface area contributed by atoms with Crippen LogP contribution in [0.5, 0.6) is 0 Å². The van der Waals surface area contributed by atoms with Crippen LogP contribution in [0, 0.1) is 5.92 Å². The topological polar surface area (TPSA) is 52.7 Å². The van der Waals surface area contributed by atoms with Crippen molar-refractivity contribution in [1.82, 2.24) is 15.1 Å². The van der Waals surface area contributed by atoms with Crippen LogP contribution in [-0.2, 0) is 22.7 Å². The van der Waals surface area contributed by atoms with E-state index >= 15 is 0 Å². The second kappa shape index (κ2) is 8.48. The van der Waals surface area contributed by atoms with Crippen LogP contribution in [0.4, 0.5) is 0 Å². The van der Waals surface area contributed by atoms with Crippen LogP contribution in [-0.4, -0.2) is 47.8 Å². The normalized spacial score (nSPS) is 21.6. The average molecular weight is 343 g/mol. The quantitative estimate of drug-likeness (QED) is 0.861. The molecule has 0 spiro atoms. The summed E-state index contributed by atoms with van der Waals surface area (Å²) in [6.07, 6.45) is 4.32. The zero-order valence-corrected chi connectivity index (χ0v) is 15.2. The predicted molar refractivity (Wildman–Crippen MR) is 97.8 cm³/mol. The number of rotatable bonds is 6. The van der Waals surface area contributed by atoms with Crippen LogP contribution in [0.25, 0.3) is 0 Å². The van der Waals surface area contributed by atoms with Crippen molar-refractivity contribution >= 4 is 11.8 Å². The Labute approximate surface area is 150 Å². The van der Waals surface area contributed by atoms with E-state index in [0.717, 1.165) is 12.1 Å². The molecule has 1 N–H and O–H groups in total. The fourth-order valence-corrected chi connectivity index (χ4v) is 3.73. The third kappa shape index (κ3) is 4.82. The molecule has 25 heavy (non-hydrogen) atoms. The van der Waals surface area contributed by atoms with Gasteiger partial charge in [-0.1, -0.05) is 30.7 Å². The second-order valence-electron chi connectivity index (χ2n) is 7.20. The molecule has 3 rings (SSSR count). The maximum Gasteiger partial charge on any atom is 0.225 e. The first kappa shape index (κ1) is 17.9. The van der Waals surface area contributed by atoms with Gasteiger partial charge in [0.2, 0.25) is 11.8 Å². The van der Waals surface area contributed by atoms with Crippen LogP contribution in [0.15, 0.2) is 24.3 Å². The summed E-state index contributed by atoms with van der Waals surface area (Å²) in [4.78, 5) is 28.3. The molecule has 0 saturated carbocycles. The minimum atomic E-state index is -0.203. The van der Waals surface area contributed by atoms with Crippen LogP contribution in [0.3, 0.4) is 0 Å². The lowest BCUT2D eigenvalue weighted by Gasteiger charge is -2.26. The van der Waals surface area contributed by atoms with Gasteiger partial charge in [0, 0.05) is 32.6 Å². The van der Waals surface area contributed by atoms with Gasteiger partial charge in [-0.2, -0.15) is 0 Å². The van der Waals surface area contributed by atoms with Gasteiger partial charge in [0.15, 0.2) is 0 Å². The number of amides is 2. The molecule has 2 fully saturated rings. The number of nitrogens with zero attached hydrogens (tertiary/aromatic N) is 2. The van der Waals surface area contributed by atoms with Crippen molar-refractivity contribution in [3.05, 3.63) is 35.4 Å². The Kier molecular flexibility index (Phi) is 6.08. The molecule has 0 unspecified atom stereocenters. The van der Waals surface area contributed by atoms with Gasteiger partial charge in [-0.15, -0.1) is 0 Å². The molecule has 0 bridgehead atoms. The fraction of sp³-hybridized carbons (Fsp3) is 0.600. The number of carbonyl (C=O) groups excluding carboxylic acids is 2. The number of likely N-dealkylation sites (tertiary alicyclic amines) is 2. The van der Waals surface area contributed by atoms with Gasteiger partial charge in [0.25, 0.3) is 0 Å². The Bertz CT molecular complexity index is 593. The van der Waals surface area contributed by atoms with Crippen molar-refractivity contribution in [2.45, 2.75) is 45.7 Å². The van der Waals surface area contributed by atoms with Gasteiger partial charge >= 0.3 is 0 Å². The number of nitrogens with one attached hydrogen (secondary N) is 1. The lowest BCUT2D eigenvalue weighted by atomic mass is 10.1. The fourth-order valence-electron chi connectivity index (χ4n) is 3.73. The summed E-state index contributed by atoms with van der Waals surface area (Å²) in [7, 11) is 0. The van der Waals surface area contributed by atoms with Crippen LogP contribution >= 0.6 is 0 Å². The van der Waals surface area contributed by atoms with E-state index in [1.54, 1.807) is 4.90 Å². The SMILES string of the molecule is CCN1C[C@@H](C(=O)NCc2ccc(CN3CCCCC3)cc2)CC1=O. The van der Waals surface area contributed by atoms with Gasteiger partial charge < -0.3 is 10.2 Å². The van der Waals surface area contributed by atoms with Crippen molar-refractivity contribution in [1.29, 1.82) is 0 Å². The highest BCUT2D eigenvalue weighted by Crippen LogP contribution is 2.18. The predicted octanol–water partition coefficient (Wildman–Crippen LogP) is 2.16. The first-order valence-electron chi connectivity index (χ1n) is 9.51. The summed E-state index contributed by atoms with van der Waals surface area (Å²) in [5, 5.41) is 2.98. The van der Waals surface area contributed by atoms with Gasteiger partial charge in [-0.3, -0.25) is 14.5 Å². The number of carbonyl (C=O) groups is 2. The zero-order valence-electron chi connectivity index (χ0n) is 15.2. The average Bonchev–Trinajstić information content (AvgIpc) is 3.03. The van der Waals surface area contributed by atoms with E-state index in [-0.39, 0.29) is 17.7 Å². The Morgan fingerprint density at radius 2 is 1.80 bits per heavy atom. The van der Waals surface area contributed by atoms with Crippen LogP contribution in [0.1, 0.15) is 43.7 Å². The first-order chi connectivity index (χ1) is 12.2. The van der Waals surface area contributed by atoms with E-state index in [1.807, 2.05) is 6.92 Å². The molecule has 1 aromatic rings. The van der Waals surface area contributed by atoms with Crippen molar-refractivity contribution in [2.24, 2.45) is 5.92 Å². The second-order valence-corrected chi connectivity index (χ2v) is 7.20. The largest absolute Gasteiger partial charge is 0.352 e. The van der Waals surface area contributed by atoms with Gasteiger partial charge in [0.1, 0.15) is 0 Å². The molecule has 5 nitrogen and oxygen atoms in total. The van der Waals surface area contributed by atoms with Crippen LogP contribution in [0.2, 0.25) is 0 Å². The molecule has 136 valence electrons. The standard InChI is InChI=1S/C20H29N3O2/c1-2-23-15-18(12-19(23)24)20(25)21-13-16-6-8-17(9-7-16)14-22-10-4-3-5-11-22/h6-9,18H,2-5,10-15H2,1H3,(H,21,25)/t18-/m0/s1. The Morgan fingerprint density at radius 3 is 2.44 bits per heavy atom. The molecule has 1 atom stereocenters. The maximum absolute atomic E-state index is 12.3. The molecule has 0 aromatic heterocycles. The van der Waals surface area contributed by atoms with E-state index in [2.05, 4.69) is 34.5 Å². The first-order valence-corrected chi connectivity index (χ1v) is 9.51. The highest BCUT2D eigenvalue weighted by atomic mass is 16.2. The summed E-state index contributed by atoms with van der Waals surface area (Å²) in [6.45, 7) is 7.13. The maximum atomic E-state index is 12.3. The molecule has 2 aliphatic rings. The Balaban J connectivity index is 1.45. The van der Waals surface area contributed by atoms with E-state index in [4.69, 9.17) is 0 Å². The number of piperidine rings is 1. The Morgan fingerprint density at radius 1 is 1.12 bits per heavy atom. The zero-order chi connectivity index (χ0) is 17.6. The minimum absolute atomic E-state index is 0.0123. The molecule has 2 saturated heterocycles. The van der Waals surface area contributed by atoms with Gasteiger partial charge in [-0.25, -0.2) is 0 Å². The van der Waals surface area contributed by atoms with Crippen LogP contribution < -0.4 is 5.32 Å². The number of hydrogen-bond donors (Lipinski definition) is 1. The molecular formula is C20H29N3O2. The monoisotopic (exact) mass is 343 g/mol. The summed E-state index contributed by atoms with van der Waals surface area (Å²) in [5.74, 6) is -0.128. The van der Waals surface area contributed by atoms with Crippen molar-refractivity contribution in [3.63, 3.8) is 0 Å². The van der Waals surface area contributed by atoms with E-state index in [0.29, 0.717) is 26.1 Å².